The molecular weight excluding hydrogens is 310 g/mol. The van der Waals surface area contributed by atoms with Gasteiger partial charge in [-0.1, -0.05) is 36.4 Å². The third-order valence-corrected chi connectivity index (χ3v) is 5.86. The maximum absolute atomic E-state index is 5.82. The molecule has 1 N–H and O–H groups in total. The van der Waals surface area contributed by atoms with Gasteiger partial charge in [0.05, 0.1) is 12.2 Å². The SMILES string of the molecule is c1ccc(C2CCN(CC3Nc4cccc5c4N3CCO5)CC2)cc1. The lowest BCUT2D eigenvalue weighted by atomic mass is 9.89. The number of ether oxygens (including phenoxy) is 1. The van der Waals surface area contributed by atoms with Crippen LogP contribution in [0.3, 0.4) is 0 Å². The van der Waals surface area contributed by atoms with E-state index in [0.717, 1.165) is 31.4 Å². The average molecular weight is 335 g/mol. The third-order valence-electron chi connectivity index (χ3n) is 5.86. The molecule has 1 unspecified atom stereocenters. The maximum atomic E-state index is 5.82. The average Bonchev–Trinajstić information content (AvgIpc) is 3.03. The molecule has 25 heavy (non-hydrogen) atoms. The van der Waals surface area contributed by atoms with Gasteiger partial charge in [0, 0.05) is 6.54 Å². The van der Waals surface area contributed by atoms with E-state index >= 15 is 0 Å². The smallest absolute Gasteiger partial charge is 0.144 e. The van der Waals surface area contributed by atoms with E-state index in [1.54, 1.807) is 0 Å². The summed E-state index contributed by atoms with van der Waals surface area (Å²) in [5.41, 5.74) is 3.99. The van der Waals surface area contributed by atoms with Crippen molar-refractivity contribution in [3.05, 3.63) is 54.1 Å². The summed E-state index contributed by atoms with van der Waals surface area (Å²) in [6, 6.07) is 17.3. The molecule has 0 spiro atoms. The van der Waals surface area contributed by atoms with Gasteiger partial charge in [-0.05, 0) is 49.5 Å². The molecule has 4 nitrogen and oxygen atoms in total. The van der Waals surface area contributed by atoms with Crippen LogP contribution in [0.15, 0.2) is 48.5 Å². The molecule has 3 aliphatic heterocycles. The van der Waals surface area contributed by atoms with Crippen molar-refractivity contribution >= 4 is 11.4 Å². The summed E-state index contributed by atoms with van der Waals surface area (Å²) in [4.78, 5) is 5.12. The molecule has 3 aliphatic rings. The molecule has 130 valence electrons. The summed E-state index contributed by atoms with van der Waals surface area (Å²) in [5.74, 6) is 1.75. The minimum atomic E-state index is 0.369. The molecule has 2 aromatic rings. The Balaban J connectivity index is 1.24. The zero-order chi connectivity index (χ0) is 16.6. The van der Waals surface area contributed by atoms with Crippen molar-refractivity contribution in [1.82, 2.24) is 4.90 Å². The van der Waals surface area contributed by atoms with Crippen molar-refractivity contribution in [2.75, 3.05) is 43.0 Å². The van der Waals surface area contributed by atoms with Gasteiger partial charge in [-0.15, -0.1) is 0 Å². The Labute approximate surface area is 149 Å². The number of likely N-dealkylation sites (tertiary alicyclic amines) is 1. The number of piperidine rings is 1. The van der Waals surface area contributed by atoms with Crippen LogP contribution >= 0.6 is 0 Å². The first-order valence-corrected chi connectivity index (χ1v) is 9.45. The Hall–Kier alpha value is -2.20. The minimum Gasteiger partial charge on any atom is -0.489 e. The van der Waals surface area contributed by atoms with Gasteiger partial charge < -0.3 is 15.0 Å². The molecule has 1 fully saturated rings. The standard InChI is InChI=1S/C21H25N3O/c1-2-5-16(6-3-1)17-9-11-23(12-10-17)15-20-22-18-7-4-8-19-21(18)24(20)13-14-25-19/h1-8,17,20,22H,9-15H2. The van der Waals surface area contributed by atoms with Gasteiger partial charge in [0.1, 0.15) is 24.2 Å². The molecule has 1 saturated heterocycles. The second kappa shape index (κ2) is 6.26. The van der Waals surface area contributed by atoms with E-state index in [2.05, 4.69) is 63.6 Å². The number of nitrogens with one attached hydrogen (secondary N) is 1. The van der Waals surface area contributed by atoms with Crippen LogP contribution in [0.1, 0.15) is 24.3 Å². The fraction of sp³-hybridized carbons (Fsp3) is 0.429. The highest BCUT2D eigenvalue weighted by molar-refractivity contribution is 5.82. The zero-order valence-corrected chi connectivity index (χ0v) is 14.5. The van der Waals surface area contributed by atoms with Crippen LogP contribution in [0.2, 0.25) is 0 Å². The number of benzene rings is 2. The first kappa shape index (κ1) is 15.1. The van der Waals surface area contributed by atoms with E-state index in [4.69, 9.17) is 4.74 Å². The van der Waals surface area contributed by atoms with Crippen LogP contribution in [0.5, 0.6) is 5.75 Å². The quantitative estimate of drug-likeness (QED) is 0.929. The lowest BCUT2D eigenvalue weighted by Gasteiger charge is -2.37. The summed E-state index contributed by atoms with van der Waals surface area (Å²) >= 11 is 0. The monoisotopic (exact) mass is 335 g/mol. The fourth-order valence-corrected chi connectivity index (χ4v) is 4.55. The van der Waals surface area contributed by atoms with Crippen molar-refractivity contribution in [2.24, 2.45) is 0 Å². The molecule has 1 atom stereocenters. The van der Waals surface area contributed by atoms with Crippen molar-refractivity contribution in [1.29, 1.82) is 0 Å². The number of rotatable bonds is 3. The molecule has 0 radical (unpaired) electrons. The van der Waals surface area contributed by atoms with Crippen LogP contribution in [0, 0.1) is 0 Å². The van der Waals surface area contributed by atoms with Crippen molar-refractivity contribution in [3.8, 4) is 5.75 Å². The Morgan fingerprint density at radius 1 is 0.960 bits per heavy atom. The molecule has 0 bridgehead atoms. The first-order valence-electron chi connectivity index (χ1n) is 9.45. The van der Waals surface area contributed by atoms with Gasteiger partial charge >= 0.3 is 0 Å². The highest BCUT2D eigenvalue weighted by Gasteiger charge is 2.35. The molecule has 4 heteroatoms. The van der Waals surface area contributed by atoms with Crippen LogP contribution in [-0.4, -0.2) is 43.9 Å². The van der Waals surface area contributed by atoms with Crippen LogP contribution in [0.25, 0.3) is 0 Å². The molecule has 0 amide bonds. The lowest BCUT2D eigenvalue weighted by Crippen LogP contribution is -2.49. The maximum Gasteiger partial charge on any atom is 0.144 e. The zero-order valence-electron chi connectivity index (χ0n) is 14.5. The number of hydrogen-bond acceptors (Lipinski definition) is 4. The molecule has 0 saturated carbocycles. The van der Waals surface area contributed by atoms with E-state index in [1.807, 2.05) is 0 Å². The van der Waals surface area contributed by atoms with Gasteiger partial charge in [-0.3, -0.25) is 4.90 Å². The van der Waals surface area contributed by atoms with Gasteiger partial charge in [-0.25, -0.2) is 0 Å². The van der Waals surface area contributed by atoms with E-state index in [0.29, 0.717) is 6.17 Å². The van der Waals surface area contributed by atoms with Crippen molar-refractivity contribution < 1.29 is 4.74 Å². The predicted octanol–water partition coefficient (Wildman–Crippen LogP) is 3.52. The van der Waals surface area contributed by atoms with Gasteiger partial charge in [0.15, 0.2) is 0 Å². The van der Waals surface area contributed by atoms with Crippen LogP contribution < -0.4 is 15.0 Å². The third kappa shape index (κ3) is 2.74. The summed E-state index contributed by atoms with van der Waals surface area (Å²) in [6.45, 7) is 5.21. The van der Waals surface area contributed by atoms with Crippen molar-refractivity contribution in [3.63, 3.8) is 0 Å². The number of nitrogens with zero attached hydrogens (tertiary/aromatic N) is 2. The van der Waals surface area contributed by atoms with Gasteiger partial charge in [-0.2, -0.15) is 0 Å². The van der Waals surface area contributed by atoms with Gasteiger partial charge in [0.2, 0.25) is 0 Å². The summed E-state index contributed by atoms with van der Waals surface area (Å²) in [7, 11) is 0. The molecule has 3 heterocycles. The van der Waals surface area contributed by atoms with Gasteiger partial charge in [0.25, 0.3) is 0 Å². The highest BCUT2D eigenvalue weighted by atomic mass is 16.5. The number of para-hydroxylation sites is 1. The Morgan fingerprint density at radius 2 is 1.80 bits per heavy atom. The minimum absolute atomic E-state index is 0.369. The lowest BCUT2D eigenvalue weighted by molar-refractivity contribution is 0.201. The molecule has 2 aromatic carbocycles. The van der Waals surface area contributed by atoms with E-state index < -0.39 is 0 Å². The Morgan fingerprint density at radius 3 is 2.64 bits per heavy atom. The molecule has 5 rings (SSSR count). The largest absolute Gasteiger partial charge is 0.489 e. The van der Waals surface area contributed by atoms with Crippen LogP contribution in [-0.2, 0) is 0 Å². The fourth-order valence-electron chi connectivity index (χ4n) is 4.55. The Kier molecular flexibility index (Phi) is 3.78. The molecular formula is C21H25N3O. The second-order valence-electron chi connectivity index (χ2n) is 7.34. The summed E-state index contributed by atoms with van der Waals surface area (Å²) in [6.07, 6.45) is 2.89. The van der Waals surface area contributed by atoms with Crippen LogP contribution in [0.4, 0.5) is 11.4 Å². The highest BCUT2D eigenvalue weighted by Crippen LogP contribution is 2.44. The first-order chi connectivity index (χ1) is 12.4. The predicted molar refractivity (Wildman–Crippen MR) is 102 cm³/mol. The normalized spacial score (nSPS) is 23.0. The molecule has 0 aliphatic carbocycles. The topological polar surface area (TPSA) is 27.7 Å². The Bertz CT molecular complexity index is 740. The van der Waals surface area contributed by atoms with Crippen molar-refractivity contribution in [2.45, 2.75) is 24.9 Å². The summed E-state index contributed by atoms with van der Waals surface area (Å²) in [5, 5.41) is 3.71. The summed E-state index contributed by atoms with van der Waals surface area (Å²) < 4.78 is 5.82. The second-order valence-corrected chi connectivity index (χ2v) is 7.34. The van der Waals surface area contributed by atoms with E-state index in [-0.39, 0.29) is 0 Å². The van der Waals surface area contributed by atoms with E-state index in [1.165, 1.54) is 42.9 Å². The molecule has 0 aromatic heterocycles. The number of hydrogen-bond donors (Lipinski definition) is 1. The number of anilines is 2. The van der Waals surface area contributed by atoms with E-state index in [9.17, 15) is 0 Å².